The van der Waals surface area contributed by atoms with Crippen molar-refractivity contribution >= 4 is 6.03 Å². The molecule has 1 heterocycles. The molecule has 0 spiro atoms. The van der Waals surface area contributed by atoms with Crippen LogP contribution >= 0.6 is 0 Å². The van der Waals surface area contributed by atoms with Crippen molar-refractivity contribution in [3.8, 4) is 12.1 Å². The molecule has 4 aromatic rings. The van der Waals surface area contributed by atoms with Crippen molar-refractivity contribution in [2.75, 3.05) is 0 Å². The Morgan fingerprint density at radius 2 is 1.12 bits per heavy atom. The minimum absolute atomic E-state index is 0.168. The predicted molar refractivity (Wildman–Crippen MR) is 157 cm³/mol. The van der Waals surface area contributed by atoms with Gasteiger partial charge in [-0.2, -0.15) is 10.5 Å². The minimum atomic E-state index is -0.824. The second-order valence-electron chi connectivity index (χ2n) is 10.5. The Labute approximate surface area is 241 Å². The lowest BCUT2D eigenvalue weighted by molar-refractivity contribution is -0.0453. The van der Waals surface area contributed by atoms with Crippen LogP contribution in [0.25, 0.3) is 0 Å². The van der Waals surface area contributed by atoms with Gasteiger partial charge >= 0.3 is 6.03 Å². The summed E-state index contributed by atoms with van der Waals surface area (Å²) in [4.78, 5) is 17.9. The highest BCUT2D eigenvalue weighted by molar-refractivity contribution is 5.77. The first kappa shape index (κ1) is 27.6. The molecule has 6 nitrogen and oxygen atoms in total. The number of aryl methyl sites for hydroxylation is 1. The lowest BCUT2D eigenvalue weighted by atomic mass is 9.88. The van der Waals surface area contributed by atoms with E-state index in [9.17, 15) is 20.4 Å². The average molecular weight is 541 g/mol. The molecule has 6 heteroatoms. The standard InChI is InChI=1S/C35H32N4O2/c36-22-28-13-7-15-30(19-28)24-38-32(18-17-26-9-3-1-4-10-26)34(40)33(21-27-11-5-2-6-12-27)39(35(38)41)25-31-16-8-14-29(20-31)23-37/h1-16,19-20,32-34,40H,17-18,21,24-25H2/t32-,33-,34-/m0/s1. The van der Waals surface area contributed by atoms with Gasteiger partial charge in [-0.05, 0) is 65.8 Å². The number of benzene rings is 4. The molecule has 0 aliphatic carbocycles. The third-order valence-corrected chi connectivity index (χ3v) is 7.76. The van der Waals surface area contributed by atoms with Crippen molar-refractivity contribution in [2.24, 2.45) is 0 Å². The van der Waals surface area contributed by atoms with Crippen molar-refractivity contribution < 1.29 is 9.90 Å². The highest BCUT2D eigenvalue weighted by Gasteiger charge is 2.45. The van der Waals surface area contributed by atoms with Gasteiger partial charge in [0, 0.05) is 13.1 Å². The van der Waals surface area contributed by atoms with E-state index in [0.29, 0.717) is 30.4 Å². The van der Waals surface area contributed by atoms with E-state index in [1.54, 1.807) is 34.1 Å². The summed E-state index contributed by atoms with van der Waals surface area (Å²) in [5.74, 6) is 0. The summed E-state index contributed by atoms with van der Waals surface area (Å²) in [6.45, 7) is 0.542. The van der Waals surface area contributed by atoms with Gasteiger partial charge in [0.1, 0.15) is 0 Å². The van der Waals surface area contributed by atoms with Gasteiger partial charge in [0.15, 0.2) is 0 Å². The number of hydrogen-bond acceptors (Lipinski definition) is 4. The predicted octanol–water partition coefficient (Wildman–Crippen LogP) is 5.84. The number of nitriles is 2. The fraction of sp³-hybridized carbons (Fsp3) is 0.229. The van der Waals surface area contributed by atoms with Gasteiger partial charge in [-0.3, -0.25) is 0 Å². The number of hydrogen-bond donors (Lipinski definition) is 1. The molecule has 0 radical (unpaired) electrons. The maximum atomic E-state index is 14.4. The van der Waals surface area contributed by atoms with Gasteiger partial charge in [0.25, 0.3) is 0 Å². The van der Waals surface area contributed by atoms with Crippen molar-refractivity contribution in [1.29, 1.82) is 10.5 Å². The summed E-state index contributed by atoms with van der Waals surface area (Å²) in [7, 11) is 0. The monoisotopic (exact) mass is 540 g/mol. The van der Waals surface area contributed by atoms with Crippen LogP contribution < -0.4 is 0 Å². The van der Waals surface area contributed by atoms with Crippen LogP contribution in [0, 0.1) is 22.7 Å². The zero-order chi connectivity index (χ0) is 28.6. The topological polar surface area (TPSA) is 91.4 Å². The summed E-state index contributed by atoms with van der Waals surface area (Å²) < 4.78 is 0. The molecule has 3 atom stereocenters. The fourth-order valence-electron chi connectivity index (χ4n) is 5.69. The molecule has 0 saturated carbocycles. The molecular weight excluding hydrogens is 508 g/mol. The van der Waals surface area contributed by atoms with Gasteiger partial charge in [-0.1, -0.05) is 84.9 Å². The summed E-state index contributed by atoms with van der Waals surface area (Å²) in [5, 5.41) is 30.9. The SMILES string of the molecule is N#Cc1cccc(CN2C(=O)N(Cc3cccc(C#N)c3)[C@@H](Cc3ccccc3)[C@@H](O)[C@@H]2CCc2ccccc2)c1. The van der Waals surface area contributed by atoms with Crippen LogP contribution in [-0.2, 0) is 25.9 Å². The Morgan fingerprint density at radius 1 is 0.634 bits per heavy atom. The van der Waals surface area contributed by atoms with Crippen LogP contribution in [0.3, 0.4) is 0 Å². The number of urea groups is 1. The average Bonchev–Trinajstić information content (AvgIpc) is 3.02. The quantitative estimate of drug-likeness (QED) is 0.289. The van der Waals surface area contributed by atoms with E-state index in [4.69, 9.17) is 0 Å². The number of carbonyl (C=O) groups is 1. The molecular formula is C35H32N4O2. The van der Waals surface area contributed by atoms with Gasteiger partial charge < -0.3 is 14.9 Å². The molecule has 0 bridgehead atoms. The van der Waals surface area contributed by atoms with Crippen molar-refractivity contribution in [3.63, 3.8) is 0 Å². The van der Waals surface area contributed by atoms with Gasteiger partial charge in [0.05, 0.1) is 41.5 Å². The maximum absolute atomic E-state index is 14.4. The van der Waals surface area contributed by atoms with E-state index in [1.165, 1.54) is 0 Å². The molecule has 2 amide bonds. The van der Waals surface area contributed by atoms with Crippen LogP contribution in [-0.4, -0.2) is 39.1 Å². The summed E-state index contributed by atoms with van der Waals surface area (Å²) in [6.07, 6.45) is 0.991. The van der Waals surface area contributed by atoms with E-state index in [-0.39, 0.29) is 19.1 Å². The molecule has 1 fully saturated rings. The zero-order valence-electron chi connectivity index (χ0n) is 22.8. The Bertz CT molecular complexity index is 1560. The largest absolute Gasteiger partial charge is 0.389 e. The summed E-state index contributed by atoms with van der Waals surface area (Å²) in [6, 6.07) is 37.9. The third kappa shape index (κ3) is 6.64. The molecule has 0 unspecified atom stereocenters. The second kappa shape index (κ2) is 13.0. The second-order valence-corrected chi connectivity index (χ2v) is 10.5. The number of carbonyl (C=O) groups excluding carboxylic acids is 1. The first-order valence-corrected chi connectivity index (χ1v) is 13.9. The Morgan fingerprint density at radius 3 is 1.66 bits per heavy atom. The van der Waals surface area contributed by atoms with E-state index >= 15 is 0 Å². The highest BCUT2D eigenvalue weighted by atomic mass is 16.3. The van der Waals surface area contributed by atoms with Gasteiger partial charge in [0.2, 0.25) is 0 Å². The van der Waals surface area contributed by atoms with E-state index in [2.05, 4.69) is 24.3 Å². The van der Waals surface area contributed by atoms with E-state index in [1.807, 2.05) is 72.8 Å². The Kier molecular flexibility index (Phi) is 8.74. The smallest absolute Gasteiger partial charge is 0.321 e. The minimum Gasteiger partial charge on any atom is -0.389 e. The number of rotatable bonds is 9. The molecule has 5 rings (SSSR count). The molecule has 1 aliphatic rings. The van der Waals surface area contributed by atoms with Gasteiger partial charge in [-0.15, -0.1) is 0 Å². The van der Waals surface area contributed by atoms with Crippen LogP contribution in [0.1, 0.15) is 39.8 Å². The molecule has 41 heavy (non-hydrogen) atoms. The van der Waals surface area contributed by atoms with Crippen LogP contribution in [0.15, 0.2) is 109 Å². The normalized spacial score (nSPS) is 18.5. The lowest BCUT2D eigenvalue weighted by Crippen LogP contribution is -2.66. The van der Waals surface area contributed by atoms with Crippen molar-refractivity contribution in [2.45, 2.75) is 50.5 Å². The number of amides is 2. The van der Waals surface area contributed by atoms with Crippen LogP contribution in [0.5, 0.6) is 0 Å². The Balaban J connectivity index is 1.52. The number of aliphatic hydroxyl groups excluding tert-OH is 1. The lowest BCUT2D eigenvalue weighted by Gasteiger charge is -2.49. The van der Waals surface area contributed by atoms with Crippen LogP contribution in [0.2, 0.25) is 0 Å². The van der Waals surface area contributed by atoms with E-state index < -0.39 is 18.2 Å². The third-order valence-electron chi connectivity index (χ3n) is 7.76. The first-order valence-electron chi connectivity index (χ1n) is 13.9. The first-order chi connectivity index (χ1) is 20.1. The number of aliphatic hydroxyl groups is 1. The fourth-order valence-corrected chi connectivity index (χ4v) is 5.69. The molecule has 4 aromatic carbocycles. The highest BCUT2D eigenvalue weighted by Crippen LogP contribution is 2.31. The van der Waals surface area contributed by atoms with E-state index in [0.717, 1.165) is 22.3 Å². The summed E-state index contributed by atoms with van der Waals surface area (Å²) >= 11 is 0. The van der Waals surface area contributed by atoms with Crippen molar-refractivity contribution in [3.05, 3.63) is 143 Å². The molecule has 0 aromatic heterocycles. The Hall–Kier alpha value is -4.91. The maximum Gasteiger partial charge on any atom is 0.321 e. The molecule has 1 N–H and O–H groups in total. The summed E-state index contributed by atoms with van der Waals surface area (Å²) in [5.41, 5.74) is 4.91. The van der Waals surface area contributed by atoms with Crippen LogP contribution in [0.4, 0.5) is 4.79 Å². The van der Waals surface area contributed by atoms with Gasteiger partial charge in [-0.25, -0.2) is 4.79 Å². The zero-order valence-corrected chi connectivity index (χ0v) is 22.8. The van der Waals surface area contributed by atoms with Crippen molar-refractivity contribution in [1.82, 2.24) is 9.80 Å². The molecule has 204 valence electrons. The molecule has 1 saturated heterocycles. The molecule has 1 aliphatic heterocycles. The number of nitrogens with zero attached hydrogens (tertiary/aromatic N) is 4.